The molecule has 7 rings (SSSR count). The Morgan fingerprint density at radius 3 is 2.07 bits per heavy atom. The molecule has 7 nitrogen and oxygen atoms in total. The molecule has 206 valence electrons. The number of fused-ring (bicyclic) bond motifs is 3. The first kappa shape index (κ1) is 26.6. The van der Waals surface area contributed by atoms with E-state index < -0.39 is 20.0 Å². The van der Waals surface area contributed by atoms with E-state index in [-0.39, 0.29) is 22.5 Å². The van der Waals surface area contributed by atoms with Crippen LogP contribution < -0.4 is 10.4 Å². The molecular weight excluding hydrogens is 603 g/mol. The van der Waals surface area contributed by atoms with Crippen LogP contribution in [0.15, 0.2) is 78.4 Å². The molecule has 7 heterocycles. The molecule has 0 saturated carbocycles. The summed E-state index contributed by atoms with van der Waals surface area (Å²) in [6, 6.07) is 18.4. The zero-order valence-electron chi connectivity index (χ0n) is 22.3. The van der Waals surface area contributed by atoms with Crippen LogP contribution in [-0.2, 0) is 0 Å². The molecule has 42 heavy (non-hydrogen) atoms. The fourth-order valence-corrected chi connectivity index (χ4v) is 13.3. The molecule has 6 aromatic rings. The highest BCUT2D eigenvalue weighted by molar-refractivity contribution is 7.31. The van der Waals surface area contributed by atoms with Crippen LogP contribution in [0.5, 0.6) is 0 Å². The topological polar surface area (TPSA) is 113 Å². The summed E-state index contributed by atoms with van der Waals surface area (Å²) in [5.41, 5.74) is 2.39. The predicted molar refractivity (Wildman–Crippen MR) is 171 cm³/mol. The van der Waals surface area contributed by atoms with Crippen molar-refractivity contribution in [3.63, 3.8) is 0 Å². The number of thiophene rings is 3. The lowest BCUT2D eigenvalue weighted by Gasteiger charge is -2.15. The lowest BCUT2D eigenvalue weighted by Crippen LogP contribution is -2.48. The Balaban J connectivity index is 1.24. The average molecular weight is 624 g/mol. The monoisotopic (exact) mass is 623 g/mol. The van der Waals surface area contributed by atoms with Crippen LogP contribution in [0.2, 0.25) is 13.1 Å². The Hall–Kier alpha value is -4.29. The number of rotatable bonds is 6. The summed E-state index contributed by atoms with van der Waals surface area (Å²) in [6.07, 6.45) is 3.06. The van der Waals surface area contributed by atoms with Crippen LogP contribution in [0.4, 0.5) is 0 Å². The van der Waals surface area contributed by atoms with E-state index in [2.05, 4.69) is 57.7 Å². The summed E-state index contributed by atoms with van der Waals surface area (Å²) in [6.45, 7) is 4.86. The van der Waals surface area contributed by atoms with E-state index in [1.807, 2.05) is 34.8 Å². The van der Waals surface area contributed by atoms with Crippen molar-refractivity contribution in [1.82, 2.24) is 15.0 Å². The minimum atomic E-state index is -1.66. The zero-order valence-corrected chi connectivity index (χ0v) is 25.7. The minimum absolute atomic E-state index is 0.00857. The highest BCUT2D eigenvalue weighted by atomic mass is 32.1. The highest BCUT2D eigenvalue weighted by Gasteiger charge is 2.40. The van der Waals surface area contributed by atoms with Gasteiger partial charge < -0.3 is 10.2 Å². The van der Waals surface area contributed by atoms with Gasteiger partial charge in [-0.1, -0.05) is 19.2 Å². The molecule has 0 atom stereocenters. The molecule has 1 aliphatic heterocycles. The normalized spacial score (nSPS) is 13.1. The van der Waals surface area contributed by atoms with Gasteiger partial charge in [-0.15, -0.1) is 34.0 Å². The maximum absolute atomic E-state index is 12.0. The van der Waals surface area contributed by atoms with Gasteiger partial charge in [0.1, 0.15) is 8.07 Å². The van der Waals surface area contributed by atoms with Gasteiger partial charge in [0.05, 0.1) is 33.9 Å². The Morgan fingerprint density at radius 1 is 0.667 bits per heavy atom. The fraction of sp³-hybridized carbons (Fsp3) is 0.0645. The number of carboxylic acids is 2. The number of hydrogen-bond donors (Lipinski definition) is 2. The molecule has 0 amide bonds. The largest absolute Gasteiger partial charge is 0.478 e. The van der Waals surface area contributed by atoms with Crippen LogP contribution in [0.1, 0.15) is 20.7 Å². The van der Waals surface area contributed by atoms with Crippen molar-refractivity contribution in [2.24, 2.45) is 0 Å². The van der Waals surface area contributed by atoms with Crippen molar-refractivity contribution in [1.29, 1.82) is 0 Å². The van der Waals surface area contributed by atoms with Gasteiger partial charge >= 0.3 is 11.9 Å². The van der Waals surface area contributed by atoms with E-state index in [1.165, 1.54) is 55.2 Å². The second-order valence-electron chi connectivity index (χ2n) is 10.4. The summed E-state index contributed by atoms with van der Waals surface area (Å²) in [5.74, 6) is -2.23. The number of aromatic carboxylic acids is 2. The molecule has 0 unspecified atom stereocenters. The van der Waals surface area contributed by atoms with E-state index in [9.17, 15) is 19.8 Å². The van der Waals surface area contributed by atoms with Crippen molar-refractivity contribution in [3.8, 4) is 52.7 Å². The second-order valence-corrected chi connectivity index (χ2v) is 17.8. The van der Waals surface area contributed by atoms with Crippen LogP contribution in [0.25, 0.3) is 52.7 Å². The highest BCUT2D eigenvalue weighted by Crippen LogP contribution is 2.44. The van der Waals surface area contributed by atoms with Crippen molar-refractivity contribution < 1.29 is 19.8 Å². The first-order valence-electron chi connectivity index (χ1n) is 12.9. The van der Waals surface area contributed by atoms with Gasteiger partial charge in [-0.05, 0) is 75.9 Å². The van der Waals surface area contributed by atoms with E-state index in [4.69, 9.17) is 0 Å². The summed E-state index contributed by atoms with van der Waals surface area (Å²) in [5, 5.41) is 24.4. The van der Waals surface area contributed by atoms with Gasteiger partial charge in [0.2, 0.25) is 0 Å². The number of carboxylic acid groups (broad SMARTS) is 2. The molecule has 2 N–H and O–H groups in total. The smallest absolute Gasteiger partial charge is 0.335 e. The number of hydrogen-bond acceptors (Lipinski definition) is 8. The van der Waals surface area contributed by atoms with E-state index in [0.29, 0.717) is 11.4 Å². The Bertz CT molecular complexity index is 2060. The van der Waals surface area contributed by atoms with Crippen LogP contribution in [0.3, 0.4) is 0 Å². The maximum atomic E-state index is 12.0. The summed E-state index contributed by atoms with van der Waals surface area (Å²) in [4.78, 5) is 43.2. The number of carbonyl (C=O) groups is 2. The van der Waals surface area contributed by atoms with Gasteiger partial charge in [0.15, 0.2) is 0 Å². The van der Waals surface area contributed by atoms with Gasteiger partial charge in [-0.25, -0.2) is 14.6 Å². The molecule has 0 bridgehead atoms. The fourth-order valence-electron chi connectivity index (χ4n) is 5.24. The number of nitrogens with zero attached hydrogens (tertiary/aromatic N) is 3. The summed E-state index contributed by atoms with van der Waals surface area (Å²) >= 11 is 5.43. The Morgan fingerprint density at radius 2 is 1.33 bits per heavy atom. The van der Waals surface area contributed by atoms with Crippen LogP contribution >= 0.6 is 34.0 Å². The third-order valence-corrected chi connectivity index (χ3v) is 14.9. The zero-order chi connectivity index (χ0) is 29.2. The molecule has 11 heteroatoms. The van der Waals surface area contributed by atoms with Crippen molar-refractivity contribution >= 4 is 64.4 Å². The van der Waals surface area contributed by atoms with Gasteiger partial charge in [0.25, 0.3) is 0 Å². The molecule has 0 fully saturated rings. The van der Waals surface area contributed by atoms with Crippen molar-refractivity contribution in [2.75, 3.05) is 0 Å². The summed E-state index contributed by atoms with van der Waals surface area (Å²) in [7, 11) is -1.66. The molecule has 6 aromatic heterocycles. The third-order valence-electron chi connectivity index (χ3n) is 7.45. The van der Waals surface area contributed by atoms with E-state index in [1.54, 1.807) is 22.7 Å². The van der Waals surface area contributed by atoms with Crippen molar-refractivity contribution in [3.05, 3.63) is 89.6 Å². The standard InChI is InChI=1S/C31H21N3O4S3Si/c1-42(2)26-7-10-39-28(26)29-27(42)15-25(41-29)24-4-3-23(40-24)16-5-8-32-19(11-16)21-13-18(31(37)38)14-22(34-21)20-12-17(30(35)36)6-9-33-20/h3-15H,1-2H3,(H,35,36)(H,37,38). The Kier molecular flexibility index (Phi) is 6.28. The molecule has 0 aliphatic carbocycles. The first-order chi connectivity index (χ1) is 20.2. The van der Waals surface area contributed by atoms with Gasteiger partial charge in [0, 0.05) is 36.8 Å². The second kappa shape index (κ2) is 9.91. The average Bonchev–Trinajstić information content (AvgIpc) is 3.78. The lowest BCUT2D eigenvalue weighted by atomic mass is 10.1. The third kappa shape index (κ3) is 4.41. The number of pyridine rings is 3. The summed E-state index contributed by atoms with van der Waals surface area (Å²) < 4.78 is 0. The SMILES string of the molecule is C[Si]1(C)c2ccsc2-c2sc(-c3ccc(-c4ccnc(-c5cc(C(=O)O)cc(-c6cc(C(=O)O)ccn6)n5)c4)s3)cc21. The Labute approximate surface area is 253 Å². The van der Waals surface area contributed by atoms with Gasteiger partial charge in [-0.2, -0.15) is 0 Å². The predicted octanol–water partition coefficient (Wildman–Crippen LogP) is 6.92. The lowest BCUT2D eigenvalue weighted by molar-refractivity contribution is 0.0686. The molecule has 0 saturated heterocycles. The van der Waals surface area contributed by atoms with Gasteiger partial charge in [-0.3, -0.25) is 9.97 Å². The van der Waals surface area contributed by atoms with E-state index >= 15 is 0 Å². The number of aromatic nitrogens is 3. The van der Waals surface area contributed by atoms with E-state index in [0.717, 1.165) is 10.4 Å². The minimum Gasteiger partial charge on any atom is -0.478 e. The quantitative estimate of drug-likeness (QED) is 0.194. The van der Waals surface area contributed by atoms with Crippen LogP contribution in [0, 0.1) is 0 Å². The molecule has 1 aliphatic rings. The van der Waals surface area contributed by atoms with Crippen molar-refractivity contribution in [2.45, 2.75) is 13.1 Å². The first-order valence-corrected chi connectivity index (χ1v) is 18.4. The molecular formula is C31H21N3O4S3Si. The molecule has 0 spiro atoms. The maximum Gasteiger partial charge on any atom is 0.335 e. The molecule has 0 aromatic carbocycles. The van der Waals surface area contributed by atoms with Crippen LogP contribution in [-0.4, -0.2) is 45.2 Å². The molecule has 0 radical (unpaired) electrons.